The van der Waals surface area contributed by atoms with Gasteiger partial charge in [0.05, 0.1) is 27.8 Å². The van der Waals surface area contributed by atoms with Crippen LogP contribution < -0.4 is 20.7 Å². The van der Waals surface area contributed by atoms with Crippen LogP contribution >= 0.6 is 0 Å². The van der Waals surface area contributed by atoms with Crippen LogP contribution in [-0.4, -0.2) is 32.2 Å². The first-order valence-electron chi connectivity index (χ1n) is 24.8. The van der Waals surface area contributed by atoms with Crippen LogP contribution in [-0.2, 0) is 5.41 Å². The van der Waals surface area contributed by atoms with Gasteiger partial charge in [-0.15, -0.1) is 0 Å². The molecule has 10 aromatic carbocycles. The SMILES string of the molecule is CC1(C)c2ccccc2-c2cc(-c3nc(-c4cccc([Si](c5ccccc5)(c5ccccc5)c5ccccc5)c4)nc(-n4c5ccccc5c5ccccc54)n3)c(-n3c4ccccc4c4ccccc43)cc21. The average molecular weight is 938 g/mol. The Bertz CT molecular complexity index is 4050. The number of rotatable bonds is 8. The van der Waals surface area contributed by atoms with Crippen molar-refractivity contribution < 1.29 is 0 Å². The summed E-state index contributed by atoms with van der Waals surface area (Å²) in [5.74, 6) is 1.76. The Labute approximate surface area is 419 Å². The van der Waals surface area contributed by atoms with Crippen molar-refractivity contribution >= 4 is 72.4 Å². The monoisotopic (exact) mass is 937 g/mol. The largest absolute Gasteiger partial charge is 0.308 e. The van der Waals surface area contributed by atoms with E-state index in [2.05, 4.69) is 272 Å². The van der Waals surface area contributed by atoms with Crippen molar-refractivity contribution in [3.8, 4) is 45.5 Å². The van der Waals surface area contributed by atoms with Gasteiger partial charge in [0, 0.05) is 38.1 Å². The molecule has 0 amide bonds. The fraction of sp³-hybridized carbons (Fsp3) is 0.0455. The molecule has 0 aliphatic heterocycles. The highest BCUT2D eigenvalue weighted by Crippen LogP contribution is 2.51. The van der Waals surface area contributed by atoms with Crippen molar-refractivity contribution in [2.45, 2.75) is 19.3 Å². The van der Waals surface area contributed by atoms with Crippen LogP contribution in [0.3, 0.4) is 0 Å². The van der Waals surface area contributed by atoms with Gasteiger partial charge in [-0.3, -0.25) is 4.57 Å². The highest BCUT2D eigenvalue weighted by molar-refractivity contribution is 7.19. The molecule has 340 valence electrons. The van der Waals surface area contributed by atoms with E-state index in [9.17, 15) is 0 Å². The third-order valence-electron chi connectivity index (χ3n) is 15.3. The normalized spacial score (nSPS) is 13.0. The highest BCUT2D eigenvalue weighted by Gasteiger charge is 2.42. The Kier molecular flexibility index (Phi) is 9.50. The molecule has 5 nitrogen and oxygen atoms in total. The quantitative estimate of drug-likeness (QED) is 0.113. The smallest absolute Gasteiger partial charge is 0.238 e. The van der Waals surface area contributed by atoms with Gasteiger partial charge in [-0.25, -0.2) is 4.98 Å². The van der Waals surface area contributed by atoms with Gasteiger partial charge < -0.3 is 4.57 Å². The van der Waals surface area contributed by atoms with Gasteiger partial charge in [0.15, 0.2) is 19.7 Å². The second-order valence-corrected chi connectivity index (χ2v) is 23.3. The summed E-state index contributed by atoms with van der Waals surface area (Å²) >= 11 is 0. The molecule has 1 aliphatic carbocycles. The zero-order valence-electron chi connectivity index (χ0n) is 39.9. The van der Waals surface area contributed by atoms with Crippen molar-refractivity contribution in [1.82, 2.24) is 24.1 Å². The first-order valence-corrected chi connectivity index (χ1v) is 26.8. The topological polar surface area (TPSA) is 48.5 Å². The number of hydrogen-bond donors (Lipinski definition) is 0. The molecule has 0 N–H and O–H groups in total. The minimum atomic E-state index is -2.92. The molecule has 6 heteroatoms. The number of hydrogen-bond acceptors (Lipinski definition) is 3. The minimum Gasteiger partial charge on any atom is -0.308 e. The summed E-state index contributed by atoms with van der Waals surface area (Å²) in [6, 6.07) is 90.6. The third-order valence-corrected chi connectivity index (χ3v) is 20.1. The van der Waals surface area contributed by atoms with E-state index in [1.807, 2.05) is 0 Å². The molecule has 14 rings (SSSR count). The maximum atomic E-state index is 5.70. The second-order valence-electron chi connectivity index (χ2n) is 19.5. The second kappa shape index (κ2) is 16.3. The molecule has 1 aliphatic rings. The molecule has 3 aromatic heterocycles. The van der Waals surface area contributed by atoms with E-state index in [1.165, 1.54) is 53.8 Å². The summed E-state index contributed by atoms with van der Waals surface area (Å²) in [5.41, 5.74) is 12.0. The summed E-state index contributed by atoms with van der Waals surface area (Å²) in [5, 5.41) is 9.84. The van der Waals surface area contributed by atoms with E-state index < -0.39 is 8.07 Å². The van der Waals surface area contributed by atoms with Gasteiger partial charge >= 0.3 is 0 Å². The lowest BCUT2D eigenvalue weighted by atomic mass is 9.82. The Morgan fingerprint density at radius 1 is 0.333 bits per heavy atom. The molecule has 0 spiro atoms. The molecule has 3 heterocycles. The summed E-state index contributed by atoms with van der Waals surface area (Å²) in [4.78, 5) is 17.0. The van der Waals surface area contributed by atoms with E-state index in [4.69, 9.17) is 15.0 Å². The zero-order chi connectivity index (χ0) is 48.0. The zero-order valence-corrected chi connectivity index (χ0v) is 40.9. The lowest BCUT2D eigenvalue weighted by Gasteiger charge is -2.34. The van der Waals surface area contributed by atoms with Crippen molar-refractivity contribution in [3.05, 3.63) is 260 Å². The maximum absolute atomic E-state index is 5.70. The molecule has 0 radical (unpaired) electrons. The van der Waals surface area contributed by atoms with E-state index in [-0.39, 0.29) is 5.41 Å². The summed E-state index contributed by atoms with van der Waals surface area (Å²) in [6.07, 6.45) is 0. The highest BCUT2D eigenvalue weighted by atomic mass is 28.3. The van der Waals surface area contributed by atoms with Crippen LogP contribution in [0.2, 0.25) is 0 Å². The third kappa shape index (κ3) is 6.22. The molecule has 13 aromatic rings. The van der Waals surface area contributed by atoms with Crippen LogP contribution in [0, 0.1) is 0 Å². The van der Waals surface area contributed by atoms with Crippen LogP contribution in [0.1, 0.15) is 25.0 Å². The Morgan fingerprint density at radius 3 is 1.32 bits per heavy atom. The first kappa shape index (κ1) is 42.0. The molecule has 0 fully saturated rings. The number of para-hydroxylation sites is 4. The minimum absolute atomic E-state index is 0.247. The maximum Gasteiger partial charge on any atom is 0.238 e. The van der Waals surface area contributed by atoms with Crippen molar-refractivity contribution in [2.24, 2.45) is 0 Å². The predicted octanol–water partition coefficient (Wildman–Crippen LogP) is 13.1. The lowest BCUT2D eigenvalue weighted by Crippen LogP contribution is -2.74. The Hall–Kier alpha value is -8.97. The van der Waals surface area contributed by atoms with Crippen molar-refractivity contribution in [3.63, 3.8) is 0 Å². The van der Waals surface area contributed by atoms with Gasteiger partial charge in [0.1, 0.15) is 0 Å². The Balaban J connectivity index is 1.10. The summed E-state index contributed by atoms with van der Waals surface area (Å²) in [6.45, 7) is 4.70. The lowest BCUT2D eigenvalue weighted by molar-refractivity contribution is 0.660. The van der Waals surface area contributed by atoms with Crippen molar-refractivity contribution in [1.29, 1.82) is 0 Å². The fourth-order valence-corrected chi connectivity index (χ4v) is 16.9. The molecule has 0 saturated heterocycles. The van der Waals surface area contributed by atoms with E-state index in [1.54, 1.807) is 0 Å². The number of fused-ring (bicyclic) bond motifs is 9. The van der Waals surface area contributed by atoms with Crippen molar-refractivity contribution in [2.75, 3.05) is 0 Å². The van der Waals surface area contributed by atoms with Crippen LogP contribution in [0.25, 0.3) is 89.2 Å². The van der Waals surface area contributed by atoms with Gasteiger partial charge in [0.2, 0.25) is 5.95 Å². The Morgan fingerprint density at radius 2 is 0.778 bits per heavy atom. The standard InChI is InChI=1S/C66H47N5Si/c1-66(2)56-36-17-12-31-49(56)54-42-55(62(43-57(54)66)70-58-37-18-13-32-50(58)51-33-14-19-38-59(51)70)64-67-63(68-65(69-64)71-60-39-20-15-34-52(60)53-35-16-21-40-61(53)71)44-23-22-30-48(41-44)72(45-24-6-3-7-25-45,46-26-8-4-9-27-46)47-28-10-5-11-29-47/h3-43H,1-2H3. The van der Waals surface area contributed by atoms with E-state index in [0.717, 1.165) is 49.7 Å². The van der Waals surface area contributed by atoms with Crippen LogP contribution in [0.4, 0.5) is 0 Å². The molecule has 0 saturated carbocycles. The van der Waals surface area contributed by atoms with E-state index >= 15 is 0 Å². The number of benzene rings is 10. The molecule has 0 atom stereocenters. The van der Waals surface area contributed by atoms with E-state index in [0.29, 0.717) is 17.6 Å². The predicted molar refractivity (Wildman–Crippen MR) is 301 cm³/mol. The van der Waals surface area contributed by atoms with Crippen LogP contribution in [0.5, 0.6) is 0 Å². The molecular formula is C66H47N5Si. The number of aromatic nitrogens is 5. The summed E-state index contributed by atoms with van der Waals surface area (Å²) < 4.78 is 4.66. The molecular weight excluding hydrogens is 891 g/mol. The number of nitrogens with zero attached hydrogens (tertiary/aromatic N) is 5. The summed E-state index contributed by atoms with van der Waals surface area (Å²) in [7, 11) is -2.92. The first-order chi connectivity index (χ1) is 35.5. The molecule has 0 unspecified atom stereocenters. The molecule has 0 bridgehead atoms. The molecule has 72 heavy (non-hydrogen) atoms. The van der Waals surface area contributed by atoms with Gasteiger partial charge in [0.25, 0.3) is 0 Å². The van der Waals surface area contributed by atoms with Crippen LogP contribution in [0.15, 0.2) is 249 Å². The average Bonchev–Trinajstić information content (AvgIpc) is 4.04. The fourth-order valence-electron chi connectivity index (χ4n) is 12.1. The van der Waals surface area contributed by atoms with Gasteiger partial charge in [-0.2, -0.15) is 9.97 Å². The van der Waals surface area contributed by atoms with Gasteiger partial charge in [-0.05, 0) is 79.4 Å². The van der Waals surface area contributed by atoms with Gasteiger partial charge in [-0.1, -0.05) is 226 Å².